The molecule has 1 N–H and O–H groups in total. The molecule has 3 rings (SSSR count). The highest BCUT2D eigenvalue weighted by atomic mass is 32.2. The van der Waals surface area contributed by atoms with Crippen molar-refractivity contribution in [1.29, 1.82) is 0 Å². The quantitative estimate of drug-likeness (QED) is 0.692. The average molecular weight is 337 g/mol. The van der Waals surface area contributed by atoms with Gasteiger partial charge in [-0.2, -0.15) is 5.10 Å². The summed E-state index contributed by atoms with van der Waals surface area (Å²) < 4.78 is 1.81. The Hall–Kier alpha value is -2.53. The lowest BCUT2D eigenvalue weighted by Gasteiger charge is -2.09. The highest BCUT2D eigenvalue weighted by Gasteiger charge is 2.08. The number of hydrogen-bond acceptors (Lipinski definition) is 3. The monoisotopic (exact) mass is 337 g/mol. The molecule has 1 aromatic heterocycles. The standard InChI is InChI=1S/C19H19N3OS/c1-15-6-5-7-16(12-15)13-22-18(10-11-20-22)21-19(23)14-24-17-8-3-2-4-9-17/h2-12H,13-14H2,1H3,(H,21,23). The second-order valence-electron chi connectivity index (χ2n) is 5.51. The fourth-order valence-electron chi connectivity index (χ4n) is 2.39. The summed E-state index contributed by atoms with van der Waals surface area (Å²) in [4.78, 5) is 13.3. The maximum atomic E-state index is 12.2. The van der Waals surface area contributed by atoms with Gasteiger partial charge < -0.3 is 5.32 Å². The minimum Gasteiger partial charge on any atom is -0.310 e. The summed E-state index contributed by atoms with van der Waals surface area (Å²) in [5.41, 5.74) is 2.37. The van der Waals surface area contributed by atoms with Crippen LogP contribution in [0.15, 0.2) is 71.8 Å². The molecule has 0 saturated carbocycles. The number of nitrogens with one attached hydrogen (secondary N) is 1. The Kier molecular flexibility index (Phi) is 5.33. The van der Waals surface area contributed by atoms with Gasteiger partial charge in [0.2, 0.25) is 5.91 Å². The number of aryl methyl sites for hydroxylation is 1. The molecule has 0 aliphatic rings. The van der Waals surface area contributed by atoms with Crippen molar-refractivity contribution in [2.45, 2.75) is 18.4 Å². The van der Waals surface area contributed by atoms with Crippen molar-refractivity contribution in [3.05, 3.63) is 78.0 Å². The van der Waals surface area contributed by atoms with Crippen molar-refractivity contribution in [3.8, 4) is 0 Å². The molecular formula is C19H19N3OS. The number of rotatable bonds is 6. The summed E-state index contributed by atoms with van der Waals surface area (Å²) in [6.45, 7) is 2.70. The molecule has 122 valence electrons. The first-order valence-electron chi connectivity index (χ1n) is 7.76. The molecule has 0 unspecified atom stereocenters. The maximum Gasteiger partial charge on any atom is 0.235 e. The molecule has 0 aliphatic carbocycles. The van der Waals surface area contributed by atoms with Crippen LogP contribution in [0.5, 0.6) is 0 Å². The van der Waals surface area contributed by atoms with Gasteiger partial charge in [-0.25, -0.2) is 4.68 Å². The second-order valence-corrected chi connectivity index (χ2v) is 6.56. The van der Waals surface area contributed by atoms with E-state index in [4.69, 9.17) is 0 Å². The number of anilines is 1. The third kappa shape index (κ3) is 4.49. The molecule has 0 spiro atoms. The Morgan fingerprint density at radius 1 is 1.12 bits per heavy atom. The Morgan fingerprint density at radius 3 is 2.75 bits per heavy atom. The van der Waals surface area contributed by atoms with E-state index in [2.05, 4.69) is 35.5 Å². The first-order chi connectivity index (χ1) is 11.7. The summed E-state index contributed by atoms with van der Waals surface area (Å²) >= 11 is 1.52. The van der Waals surface area contributed by atoms with E-state index in [1.54, 1.807) is 10.9 Å². The van der Waals surface area contributed by atoms with Crippen LogP contribution in [0.4, 0.5) is 5.82 Å². The van der Waals surface area contributed by atoms with E-state index in [0.29, 0.717) is 12.3 Å². The van der Waals surface area contributed by atoms with Gasteiger partial charge in [0.15, 0.2) is 0 Å². The van der Waals surface area contributed by atoms with Gasteiger partial charge in [0.25, 0.3) is 0 Å². The van der Waals surface area contributed by atoms with Crippen LogP contribution in [0, 0.1) is 6.92 Å². The minimum absolute atomic E-state index is 0.0326. The van der Waals surface area contributed by atoms with Gasteiger partial charge in [-0.15, -0.1) is 11.8 Å². The Bertz CT molecular complexity index is 814. The number of benzene rings is 2. The molecule has 2 aromatic carbocycles. The number of hydrogen-bond donors (Lipinski definition) is 1. The fraction of sp³-hybridized carbons (Fsp3) is 0.158. The lowest BCUT2D eigenvalue weighted by Crippen LogP contribution is -2.17. The highest BCUT2D eigenvalue weighted by molar-refractivity contribution is 8.00. The van der Waals surface area contributed by atoms with Gasteiger partial charge in [-0.1, -0.05) is 48.0 Å². The third-order valence-electron chi connectivity index (χ3n) is 3.51. The number of nitrogens with zero attached hydrogens (tertiary/aromatic N) is 2. The van der Waals surface area contributed by atoms with Crippen LogP contribution < -0.4 is 5.32 Å². The molecule has 5 heteroatoms. The van der Waals surface area contributed by atoms with Crippen LogP contribution >= 0.6 is 11.8 Å². The maximum absolute atomic E-state index is 12.2. The normalized spacial score (nSPS) is 10.5. The topological polar surface area (TPSA) is 46.9 Å². The van der Waals surface area contributed by atoms with Crippen molar-refractivity contribution in [3.63, 3.8) is 0 Å². The lowest BCUT2D eigenvalue weighted by molar-refractivity contribution is -0.113. The largest absolute Gasteiger partial charge is 0.310 e. The zero-order chi connectivity index (χ0) is 16.8. The number of carbonyl (C=O) groups is 1. The van der Waals surface area contributed by atoms with E-state index in [1.165, 1.54) is 17.3 Å². The van der Waals surface area contributed by atoms with Crippen molar-refractivity contribution >= 4 is 23.5 Å². The van der Waals surface area contributed by atoms with E-state index in [9.17, 15) is 4.79 Å². The fourth-order valence-corrected chi connectivity index (χ4v) is 3.11. The van der Waals surface area contributed by atoms with Crippen LogP contribution in [-0.2, 0) is 11.3 Å². The molecule has 3 aromatic rings. The van der Waals surface area contributed by atoms with Crippen LogP contribution in [-0.4, -0.2) is 21.4 Å². The van der Waals surface area contributed by atoms with Gasteiger partial charge >= 0.3 is 0 Å². The van der Waals surface area contributed by atoms with Crippen molar-refractivity contribution in [2.24, 2.45) is 0 Å². The van der Waals surface area contributed by atoms with Crippen LogP contribution in [0.1, 0.15) is 11.1 Å². The molecule has 4 nitrogen and oxygen atoms in total. The van der Waals surface area contributed by atoms with E-state index in [-0.39, 0.29) is 5.91 Å². The third-order valence-corrected chi connectivity index (χ3v) is 4.52. The molecule has 0 saturated heterocycles. The van der Waals surface area contributed by atoms with Gasteiger partial charge in [0.1, 0.15) is 5.82 Å². The molecule has 0 bridgehead atoms. The second kappa shape index (κ2) is 7.84. The molecule has 24 heavy (non-hydrogen) atoms. The smallest absolute Gasteiger partial charge is 0.235 e. The van der Waals surface area contributed by atoms with Crippen LogP contribution in [0.25, 0.3) is 0 Å². The zero-order valence-corrected chi connectivity index (χ0v) is 14.3. The number of aromatic nitrogens is 2. The van der Waals surface area contributed by atoms with E-state index in [1.807, 2.05) is 42.5 Å². The number of amides is 1. The van der Waals surface area contributed by atoms with E-state index in [0.717, 1.165) is 16.3 Å². The van der Waals surface area contributed by atoms with Gasteiger partial charge in [-0.3, -0.25) is 4.79 Å². The van der Waals surface area contributed by atoms with Gasteiger partial charge in [-0.05, 0) is 24.6 Å². The molecule has 1 heterocycles. The predicted octanol–water partition coefficient (Wildman–Crippen LogP) is 3.97. The Balaban J connectivity index is 1.59. The molecular weight excluding hydrogens is 318 g/mol. The SMILES string of the molecule is Cc1cccc(Cn2nccc2NC(=O)CSc2ccccc2)c1. The Morgan fingerprint density at radius 2 is 1.96 bits per heavy atom. The number of thioether (sulfide) groups is 1. The summed E-state index contributed by atoms with van der Waals surface area (Å²) in [6, 6.07) is 20.0. The molecule has 0 atom stereocenters. The van der Waals surface area contributed by atoms with Crippen molar-refractivity contribution < 1.29 is 4.79 Å². The summed E-state index contributed by atoms with van der Waals surface area (Å²) in [6.07, 6.45) is 1.70. The number of carbonyl (C=O) groups excluding carboxylic acids is 1. The first-order valence-corrected chi connectivity index (χ1v) is 8.74. The minimum atomic E-state index is -0.0326. The molecule has 0 aliphatic heterocycles. The highest BCUT2D eigenvalue weighted by Crippen LogP contribution is 2.17. The van der Waals surface area contributed by atoms with E-state index < -0.39 is 0 Å². The van der Waals surface area contributed by atoms with Crippen LogP contribution in [0.3, 0.4) is 0 Å². The molecule has 0 radical (unpaired) electrons. The summed E-state index contributed by atoms with van der Waals surface area (Å²) in [5.74, 6) is 1.06. The van der Waals surface area contributed by atoms with E-state index >= 15 is 0 Å². The van der Waals surface area contributed by atoms with Gasteiger partial charge in [0.05, 0.1) is 18.5 Å². The first kappa shape index (κ1) is 16.3. The summed E-state index contributed by atoms with van der Waals surface area (Å²) in [7, 11) is 0. The lowest BCUT2D eigenvalue weighted by atomic mass is 10.1. The van der Waals surface area contributed by atoms with Crippen LogP contribution in [0.2, 0.25) is 0 Å². The predicted molar refractivity (Wildman–Crippen MR) is 98.3 cm³/mol. The van der Waals surface area contributed by atoms with Crippen molar-refractivity contribution in [1.82, 2.24) is 9.78 Å². The average Bonchev–Trinajstić information content (AvgIpc) is 3.01. The summed E-state index contributed by atoms with van der Waals surface area (Å²) in [5, 5.41) is 7.24. The zero-order valence-electron chi connectivity index (χ0n) is 13.5. The van der Waals surface area contributed by atoms with Gasteiger partial charge in [0, 0.05) is 11.0 Å². The van der Waals surface area contributed by atoms with Crippen molar-refractivity contribution in [2.75, 3.05) is 11.1 Å². The molecule has 0 fully saturated rings. The Labute approximate surface area is 145 Å². The molecule has 1 amide bonds.